The van der Waals surface area contributed by atoms with Crippen LogP contribution in [0.3, 0.4) is 0 Å². The van der Waals surface area contributed by atoms with Crippen molar-refractivity contribution in [3.8, 4) is 23.1 Å². The van der Waals surface area contributed by atoms with Crippen LogP contribution in [0.15, 0.2) is 24.3 Å². The van der Waals surface area contributed by atoms with Gasteiger partial charge in [0.05, 0.1) is 13.7 Å². The Labute approximate surface area is 111 Å². The van der Waals surface area contributed by atoms with Gasteiger partial charge in [-0.3, -0.25) is 0 Å². The fourth-order valence-electron chi connectivity index (χ4n) is 1.55. The van der Waals surface area contributed by atoms with Crippen LogP contribution in [0.1, 0.15) is 6.92 Å². The van der Waals surface area contributed by atoms with Crippen LogP contribution in [0.25, 0.3) is 11.4 Å². The monoisotopic (exact) mass is 260 g/mol. The largest absolute Gasteiger partial charge is 0.497 e. The molecule has 2 aromatic rings. The summed E-state index contributed by atoms with van der Waals surface area (Å²) in [5.74, 6) is 1.76. The summed E-state index contributed by atoms with van der Waals surface area (Å²) in [6, 6.07) is 7.84. The SMILES string of the molecule is CCOc1nc(NC)nc(-c2cccc(OC)c2)n1. The molecule has 0 spiro atoms. The molecule has 19 heavy (non-hydrogen) atoms. The van der Waals surface area contributed by atoms with Crippen LogP contribution < -0.4 is 14.8 Å². The molecular weight excluding hydrogens is 244 g/mol. The van der Waals surface area contributed by atoms with E-state index in [2.05, 4.69) is 20.3 Å². The standard InChI is InChI=1S/C13H16N4O2/c1-4-19-13-16-11(15-12(14-2)17-13)9-6-5-7-10(8-9)18-3/h5-8H,4H2,1-3H3,(H,14,15,16,17). The van der Waals surface area contributed by atoms with Gasteiger partial charge in [-0.1, -0.05) is 12.1 Å². The molecule has 1 N–H and O–H groups in total. The van der Waals surface area contributed by atoms with E-state index in [9.17, 15) is 0 Å². The zero-order valence-electron chi connectivity index (χ0n) is 11.2. The first-order valence-corrected chi connectivity index (χ1v) is 5.98. The smallest absolute Gasteiger partial charge is 0.321 e. The Morgan fingerprint density at radius 3 is 2.74 bits per heavy atom. The molecule has 0 amide bonds. The summed E-state index contributed by atoms with van der Waals surface area (Å²) in [7, 11) is 3.37. The van der Waals surface area contributed by atoms with Crippen LogP contribution in [0, 0.1) is 0 Å². The van der Waals surface area contributed by atoms with Gasteiger partial charge in [-0.15, -0.1) is 0 Å². The zero-order chi connectivity index (χ0) is 13.7. The Bertz CT molecular complexity index is 560. The van der Waals surface area contributed by atoms with Crippen molar-refractivity contribution in [1.82, 2.24) is 15.0 Å². The van der Waals surface area contributed by atoms with E-state index in [-0.39, 0.29) is 0 Å². The highest BCUT2D eigenvalue weighted by Crippen LogP contribution is 2.22. The van der Waals surface area contributed by atoms with E-state index in [1.807, 2.05) is 31.2 Å². The number of hydrogen-bond acceptors (Lipinski definition) is 6. The number of methoxy groups -OCH3 is 1. The number of aromatic nitrogens is 3. The van der Waals surface area contributed by atoms with Crippen molar-refractivity contribution in [2.24, 2.45) is 0 Å². The van der Waals surface area contributed by atoms with E-state index < -0.39 is 0 Å². The molecule has 0 unspecified atom stereocenters. The van der Waals surface area contributed by atoms with Crippen molar-refractivity contribution in [2.45, 2.75) is 6.92 Å². The van der Waals surface area contributed by atoms with Gasteiger partial charge in [0.25, 0.3) is 0 Å². The van der Waals surface area contributed by atoms with Gasteiger partial charge in [-0.2, -0.15) is 15.0 Å². The van der Waals surface area contributed by atoms with Crippen molar-refractivity contribution in [3.05, 3.63) is 24.3 Å². The fourth-order valence-corrected chi connectivity index (χ4v) is 1.55. The minimum absolute atomic E-state index is 0.305. The number of ether oxygens (including phenoxy) is 2. The van der Waals surface area contributed by atoms with Crippen LogP contribution >= 0.6 is 0 Å². The molecule has 100 valence electrons. The van der Waals surface area contributed by atoms with Crippen LogP contribution in [-0.2, 0) is 0 Å². The molecule has 1 aromatic heterocycles. The van der Waals surface area contributed by atoms with Crippen LogP contribution in [0.5, 0.6) is 11.8 Å². The highest BCUT2D eigenvalue weighted by atomic mass is 16.5. The first-order valence-electron chi connectivity index (χ1n) is 5.98. The van der Waals surface area contributed by atoms with E-state index in [4.69, 9.17) is 9.47 Å². The third-order valence-electron chi connectivity index (χ3n) is 2.44. The maximum absolute atomic E-state index is 5.33. The van der Waals surface area contributed by atoms with Gasteiger partial charge in [0.2, 0.25) is 5.95 Å². The number of rotatable bonds is 5. The Kier molecular flexibility index (Phi) is 4.12. The average Bonchev–Trinajstić information content (AvgIpc) is 2.47. The minimum atomic E-state index is 0.305. The molecule has 6 heteroatoms. The normalized spacial score (nSPS) is 10.1. The molecule has 1 heterocycles. The summed E-state index contributed by atoms with van der Waals surface area (Å²) in [5, 5.41) is 2.89. The van der Waals surface area contributed by atoms with Gasteiger partial charge in [0.15, 0.2) is 5.82 Å². The Hall–Kier alpha value is -2.37. The van der Waals surface area contributed by atoms with Crippen molar-refractivity contribution in [3.63, 3.8) is 0 Å². The predicted octanol–water partition coefficient (Wildman–Crippen LogP) is 1.99. The predicted molar refractivity (Wildman–Crippen MR) is 72.5 cm³/mol. The van der Waals surface area contributed by atoms with Crippen molar-refractivity contribution in [1.29, 1.82) is 0 Å². The van der Waals surface area contributed by atoms with Gasteiger partial charge in [-0.25, -0.2) is 0 Å². The van der Waals surface area contributed by atoms with E-state index >= 15 is 0 Å². The zero-order valence-corrected chi connectivity index (χ0v) is 11.2. The Morgan fingerprint density at radius 1 is 1.21 bits per heavy atom. The third-order valence-corrected chi connectivity index (χ3v) is 2.44. The Morgan fingerprint density at radius 2 is 2.05 bits per heavy atom. The van der Waals surface area contributed by atoms with Gasteiger partial charge < -0.3 is 14.8 Å². The molecule has 0 aliphatic rings. The molecule has 0 saturated heterocycles. The lowest BCUT2D eigenvalue weighted by molar-refractivity contribution is 0.312. The lowest BCUT2D eigenvalue weighted by atomic mass is 10.2. The van der Waals surface area contributed by atoms with Gasteiger partial charge in [0.1, 0.15) is 5.75 Å². The molecule has 0 atom stereocenters. The van der Waals surface area contributed by atoms with Crippen molar-refractivity contribution in [2.75, 3.05) is 26.1 Å². The molecule has 0 saturated carbocycles. The van der Waals surface area contributed by atoms with Crippen LogP contribution in [0.4, 0.5) is 5.95 Å². The molecule has 2 rings (SSSR count). The van der Waals surface area contributed by atoms with Crippen molar-refractivity contribution < 1.29 is 9.47 Å². The topological polar surface area (TPSA) is 69.2 Å². The molecular formula is C13H16N4O2. The van der Waals surface area contributed by atoms with E-state index in [1.165, 1.54) is 0 Å². The number of nitrogens with zero attached hydrogens (tertiary/aromatic N) is 3. The summed E-state index contributed by atoms with van der Waals surface area (Å²) >= 11 is 0. The summed E-state index contributed by atoms with van der Waals surface area (Å²) in [6.07, 6.45) is 0. The number of benzene rings is 1. The van der Waals surface area contributed by atoms with Crippen LogP contribution in [0.2, 0.25) is 0 Å². The highest BCUT2D eigenvalue weighted by molar-refractivity contribution is 5.58. The van der Waals surface area contributed by atoms with Crippen LogP contribution in [-0.4, -0.2) is 35.7 Å². The molecule has 6 nitrogen and oxygen atoms in total. The van der Waals surface area contributed by atoms with E-state index in [0.29, 0.717) is 24.4 Å². The first-order chi connectivity index (χ1) is 9.26. The van der Waals surface area contributed by atoms with Gasteiger partial charge >= 0.3 is 6.01 Å². The van der Waals surface area contributed by atoms with Gasteiger partial charge in [0, 0.05) is 12.6 Å². The lowest BCUT2D eigenvalue weighted by Gasteiger charge is -2.07. The van der Waals surface area contributed by atoms with Crippen molar-refractivity contribution >= 4 is 5.95 Å². The summed E-state index contributed by atoms with van der Waals surface area (Å²) in [4.78, 5) is 12.7. The lowest BCUT2D eigenvalue weighted by Crippen LogP contribution is -2.05. The summed E-state index contributed by atoms with van der Waals surface area (Å²) < 4.78 is 10.5. The first kappa shape index (κ1) is 13.1. The van der Waals surface area contributed by atoms with Gasteiger partial charge in [-0.05, 0) is 19.1 Å². The maximum Gasteiger partial charge on any atom is 0.321 e. The second kappa shape index (κ2) is 5.99. The third kappa shape index (κ3) is 3.09. The molecule has 0 aliphatic carbocycles. The highest BCUT2D eigenvalue weighted by Gasteiger charge is 2.09. The number of anilines is 1. The average molecular weight is 260 g/mol. The quantitative estimate of drug-likeness (QED) is 0.886. The molecule has 0 fully saturated rings. The van der Waals surface area contributed by atoms with E-state index in [0.717, 1.165) is 11.3 Å². The second-order valence-electron chi connectivity index (χ2n) is 3.68. The second-order valence-corrected chi connectivity index (χ2v) is 3.68. The Balaban J connectivity index is 2.44. The molecule has 0 aliphatic heterocycles. The minimum Gasteiger partial charge on any atom is -0.497 e. The molecule has 1 aromatic carbocycles. The molecule has 0 radical (unpaired) electrons. The van der Waals surface area contributed by atoms with E-state index in [1.54, 1.807) is 14.2 Å². The number of hydrogen-bond donors (Lipinski definition) is 1. The summed E-state index contributed by atoms with van der Waals surface area (Å²) in [6.45, 7) is 2.39. The molecule has 0 bridgehead atoms. The fraction of sp³-hybridized carbons (Fsp3) is 0.308. The maximum atomic E-state index is 5.33. The number of nitrogens with one attached hydrogen (secondary N) is 1. The summed E-state index contributed by atoms with van der Waals surface area (Å²) in [5.41, 5.74) is 0.846.